The first kappa shape index (κ1) is 16.7. The summed E-state index contributed by atoms with van der Waals surface area (Å²) in [5, 5.41) is 14.3. The Balaban J connectivity index is 2.89. The molecule has 0 saturated heterocycles. The zero-order chi connectivity index (χ0) is 15.7. The second kappa shape index (κ2) is 5.56. The lowest BCUT2D eigenvalue weighted by Crippen LogP contribution is -2.27. The van der Waals surface area contributed by atoms with E-state index in [1.165, 1.54) is 0 Å². The van der Waals surface area contributed by atoms with Gasteiger partial charge in [-0.1, -0.05) is 0 Å². The number of esters is 1. The summed E-state index contributed by atoms with van der Waals surface area (Å²) in [7, 11) is 0. The molecule has 0 bridgehead atoms. The number of hydrogen-bond acceptors (Lipinski definition) is 4. The van der Waals surface area contributed by atoms with Crippen LogP contribution in [0.2, 0.25) is 0 Å². The highest BCUT2D eigenvalue weighted by Gasteiger charge is 2.22. The molecule has 0 amide bonds. The maximum Gasteiger partial charge on any atom is 0.310 e. The predicted octanol–water partition coefficient (Wildman–Crippen LogP) is 2.16. The van der Waals surface area contributed by atoms with Crippen molar-refractivity contribution in [2.45, 2.75) is 72.6 Å². The van der Waals surface area contributed by atoms with Gasteiger partial charge in [-0.25, -0.2) is 0 Å². The van der Waals surface area contributed by atoms with E-state index in [0.717, 1.165) is 17.0 Å². The Labute approximate surface area is 120 Å². The zero-order valence-electron chi connectivity index (χ0n) is 13.6. The molecule has 0 radical (unpaired) electrons. The molecule has 5 nitrogen and oxygen atoms in total. The molecular formula is C15H26N2O3. The van der Waals surface area contributed by atoms with Crippen LogP contribution in [0.25, 0.3) is 0 Å². The van der Waals surface area contributed by atoms with Crippen molar-refractivity contribution in [2.24, 2.45) is 0 Å². The van der Waals surface area contributed by atoms with Gasteiger partial charge in [0.2, 0.25) is 0 Å². The molecule has 0 unspecified atom stereocenters. The van der Waals surface area contributed by atoms with Crippen molar-refractivity contribution in [3.8, 4) is 0 Å². The Hall–Kier alpha value is -1.36. The number of ether oxygens (including phenoxy) is 1. The first-order valence-electron chi connectivity index (χ1n) is 6.86. The van der Waals surface area contributed by atoms with Crippen LogP contribution in [0, 0.1) is 13.8 Å². The molecule has 1 rings (SSSR count). The summed E-state index contributed by atoms with van der Waals surface area (Å²) in [6.07, 6.45) is 0.209. The van der Waals surface area contributed by atoms with E-state index in [9.17, 15) is 9.90 Å². The summed E-state index contributed by atoms with van der Waals surface area (Å²) in [4.78, 5) is 11.9. The van der Waals surface area contributed by atoms with Crippen LogP contribution in [0.15, 0.2) is 0 Å². The monoisotopic (exact) mass is 282 g/mol. The summed E-state index contributed by atoms with van der Waals surface area (Å²) in [6.45, 7) is 13.2. The van der Waals surface area contributed by atoms with Crippen LogP contribution in [0.1, 0.15) is 51.6 Å². The van der Waals surface area contributed by atoms with Gasteiger partial charge < -0.3 is 9.84 Å². The Bertz CT molecular complexity index is 490. The number of nitrogens with zero attached hydrogens (tertiary/aromatic N) is 2. The molecule has 5 heteroatoms. The molecule has 20 heavy (non-hydrogen) atoms. The van der Waals surface area contributed by atoms with Crippen LogP contribution in [-0.4, -0.2) is 32.1 Å². The van der Waals surface area contributed by atoms with E-state index in [4.69, 9.17) is 4.74 Å². The molecule has 0 aliphatic heterocycles. The van der Waals surface area contributed by atoms with Crippen LogP contribution in [-0.2, 0) is 22.5 Å². The molecule has 0 atom stereocenters. The summed E-state index contributed by atoms with van der Waals surface area (Å²) in [5.74, 6) is -0.258. The summed E-state index contributed by atoms with van der Waals surface area (Å²) < 4.78 is 7.08. The smallest absolute Gasteiger partial charge is 0.310 e. The third-order valence-corrected chi connectivity index (χ3v) is 2.81. The van der Waals surface area contributed by atoms with E-state index >= 15 is 0 Å². The van der Waals surface area contributed by atoms with Crippen LogP contribution in [0.3, 0.4) is 0 Å². The van der Waals surface area contributed by atoms with Gasteiger partial charge in [-0.05, 0) is 48.5 Å². The molecule has 0 spiro atoms. The largest absolute Gasteiger partial charge is 0.460 e. The van der Waals surface area contributed by atoms with E-state index < -0.39 is 11.2 Å². The predicted molar refractivity (Wildman–Crippen MR) is 77.5 cm³/mol. The summed E-state index contributed by atoms with van der Waals surface area (Å²) >= 11 is 0. The Morgan fingerprint density at radius 2 is 1.80 bits per heavy atom. The average molecular weight is 282 g/mol. The molecule has 1 N–H and O–H groups in total. The van der Waals surface area contributed by atoms with Gasteiger partial charge in [-0.15, -0.1) is 0 Å². The fourth-order valence-electron chi connectivity index (χ4n) is 2.03. The van der Waals surface area contributed by atoms with Gasteiger partial charge in [0.05, 0.1) is 24.3 Å². The van der Waals surface area contributed by atoms with Gasteiger partial charge in [0, 0.05) is 11.3 Å². The lowest BCUT2D eigenvalue weighted by Gasteiger charge is -2.20. The minimum atomic E-state index is -0.841. The Morgan fingerprint density at radius 1 is 1.25 bits per heavy atom. The topological polar surface area (TPSA) is 64.3 Å². The average Bonchev–Trinajstić information content (AvgIpc) is 2.40. The summed E-state index contributed by atoms with van der Waals surface area (Å²) in [6, 6.07) is 0. The molecule has 0 saturated carbocycles. The van der Waals surface area contributed by atoms with Crippen LogP contribution < -0.4 is 0 Å². The van der Waals surface area contributed by atoms with Crippen molar-refractivity contribution in [1.82, 2.24) is 9.78 Å². The van der Waals surface area contributed by atoms with Gasteiger partial charge in [0.15, 0.2) is 0 Å². The van der Waals surface area contributed by atoms with Crippen molar-refractivity contribution < 1.29 is 14.6 Å². The SMILES string of the molecule is Cc1nn(CC(C)(C)O)c(C)c1CC(=O)OC(C)(C)C. The number of aliphatic hydroxyl groups is 1. The van der Waals surface area contributed by atoms with E-state index in [2.05, 4.69) is 5.10 Å². The number of aromatic nitrogens is 2. The zero-order valence-corrected chi connectivity index (χ0v) is 13.6. The minimum Gasteiger partial charge on any atom is -0.460 e. The molecule has 0 aromatic carbocycles. The molecule has 1 aromatic heterocycles. The highest BCUT2D eigenvalue weighted by Crippen LogP contribution is 2.18. The molecular weight excluding hydrogens is 256 g/mol. The normalized spacial score (nSPS) is 12.6. The first-order chi connectivity index (χ1) is 8.89. The fourth-order valence-corrected chi connectivity index (χ4v) is 2.03. The van der Waals surface area contributed by atoms with Crippen LogP contribution in [0.5, 0.6) is 0 Å². The number of rotatable bonds is 4. The molecule has 114 valence electrons. The maximum atomic E-state index is 11.9. The van der Waals surface area contributed by atoms with Crippen molar-refractivity contribution in [1.29, 1.82) is 0 Å². The van der Waals surface area contributed by atoms with E-state index in [0.29, 0.717) is 6.54 Å². The Morgan fingerprint density at radius 3 is 2.25 bits per heavy atom. The lowest BCUT2D eigenvalue weighted by atomic mass is 10.1. The Kier molecular flexibility index (Phi) is 4.64. The van der Waals surface area contributed by atoms with Gasteiger partial charge >= 0.3 is 5.97 Å². The first-order valence-corrected chi connectivity index (χ1v) is 6.86. The van der Waals surface area contributed by atoms with E-state index in [1.54, 1.807) is 18.5 Å². The molecule has 0 aliphatic carbocycles. The van der Waals surface area contributed by atoms with Crippen molar-refractivity contribution in [3.63, 3.8) is 0 Å². The van der Waals surface area contributed by atoms with Crippen molar-refractivity contribution >= 4 is 5.97 Å². The second-order valence-electron chi connectivity index (χ2n) is 6.88. The van der Waals surface area contributed by atoms with Crippen molar-refractivity contribution in [3.05, 3.63) is 17.0 Å². The van der Waals surface area contributed by atoms with Crippen LogP contribution >= 0.6 is 0 Å². The molecule has 1 heterocycles. The number of hydrogen-bond donors (Lipinski definition) is 1. The minimum absolute atomic E-state index is 0.209. The number of carbonyl (C=O) groups is 1. The van der Waals surface area contributed by atoms with Gasteiger partial charge in [-0.2, -0.15) is 5.10 Å². The molecule has 0 fully saturated rings. The third kappa shape index (κ3) is 4.96. The maximum absolute atomic E-state index is 11.9. The van der Waals surface area contributed by atoms with Gasteiger partial charge in [-0.3, -0.25) is 9.48 Å². The number of aryl methyl sites for hydroxylation is 1. The summed E-state index contributed by atoms with van der Waals surface area (Å²) in [5.41, 5.74) is 1.26. The van der Waals surface area contributed by atoms with Gasteiger partial charge in [0.25, 0.3) is 0 Å². The highest BCUT2D eigenvalue weighted by molar-refractivity contribution is 5.73. The third-order valence-electron chi connectivity index (χ3n) is 2.81. The fraction of sp³-hybridized carbons (Fsp3) is 0.733. The molecule has 1 aromatic rings. The van der Waals surface area contributed by atoms with Crippen molar-refractivity contribution in [2.75, 3.05) is 0 Å². The quantitative estimate of drug-likeness (QED) is 0.859. The highest BCUT2D eigenvalue weighted by atomic mass is 16.6. The van der Waals surface area contributed by atoms with E-state index in [1.807, 2.05) is 34.6 Å². The lowest BCUT2D eigenvalue weighted by molar-refractivity contribution is -0.153. The molecule has 0 aliphatic rings. The second-order valence-corrected chi connectivity index (χ2v) is 6.88. The van der Waals surface area contributed by atoms with E-state index in [-0.39, 0.29) is 12.4 Å². The van der Waals surface area contributed by atoms with Crippen LogP contribution in [0.4, 0.5) is 0 Å². The van der Waals surface area contributed by atoms with Gasteiger partial charge in [0.1, 0.15) is 5.60 Å². The standard InChI is InChI=1S/C15H26N2O3/c1-10-12(8-13(18)20-14(3,4)5)11(2)17(16-10)9-15(6,7)19/h19H,8-9H2,1-7H3. The number of carbonyl (C=O) groups excluding carboxylic acids is 1.